The Bertz CT molecular complexity index is 389. The molecule has 0 spiro atoms. The summed E-state index contributed by atoms with van der Waals surface area (Å²) < 4.78 is 11.1. The van der Waals surface area contributed by atoms with Gasteiger partial charge in [-0.25, -0.2) is 0 Å². The maximum Gasteiger partial charge on any atom is 0.120 e. The molecule has 0 saturated carbocycles. The monoisotopic (exact) mass is 251 g/mol. The first kappa shape index (κ1) is 12.3. The van der Waals surface area contributed by atoms with Gasteiger partial charge in [0.2, 0.25) is 0 Å². The van der Waals surface area contributed by atoms with E-state index in [9.17, 15) is 0 Å². The minimum absolute atomic E-state index is 0.404. The third-order valence-corrected chi connectivity index (χ3v) is 3.18. The van der Waals surface area contributed by atoms with Crippen molar-refractivity contribution in [2.24, 2.45) is 11.7 Å². The van der Waals surface area contributed by atoms with Gasteiger partial charge in [-0.2, -0.15) is 0 Å². The molecule has 1 heterocycles. The van der Waals surface area contributed by atoms with Crippen LogP contribution in [0.1, 0.15) is 18.4 Å². The summed E-state index contributed by atoms with van der Waals surface area (Å²) in [5, 5.41) is 0. The highest BCUT2D eigenvalue weighted by molar-refractivity contribution is 7.80. The van der Waals surface area contributed by atoms with Gasteiger partial charge >= 0.3 is 0 Å². The van der Waals surface area contributed by atoms with Crippen LogP contribution in [0.3, 0.4) is 0 Å². The average Bonchev–Trinajstić information content (AvgIpc) is 2.38. The van der Waals surface area contributed by atoms with Gasteiger partial charge < -0.3 is 15.2 Å². The van der Waals surface area contributed by atoms with Gasteiger partial charge in [0.15, 0.2) is 0 Å². The predicted octanol–water partition coefficient (Wildman–Crippen LogP) is 2.13. The molecule has 4 heteroatoms. The van der Waals surface area contributed by atoms with E-state index < -0.39 is 0 Å². The molecule has 0 bridgehead atoms. The fourth-order valence-electron chi connectivity index (χ4n) is 1.87. The molecule has 1 fully saturated rings. The lowest BCUT2D eigenvalue weighted by molar-refractivity contribution is 0.0497. The first-order valence-electron chi connectivity index (χ1n) is 5.86. The molecule has 1 aromatic rings. The van der Waals surface area contributed by atoms with Crippen molar-refractivity contribution < 1.29 is 9.47 Å². The van der Waals surface area contributed by atoms with Gasteiger partial charge in [0.05, 0.1) is 6.61 Å². The van der Waals surface area contributed by atoms with E-state index >= 15 is 0 Å². The van der Waals surface area contributed by atoms with Gasteiger partial charge in [0, 0.05) is 18.8 Å². The summed E-state index contributed by atoms with van der Waals surface area (Å²) in [6, 6.07) is 7.63. The van der Waals surface area contributed by atoms with Gasteiger partial charge in [0.1, 0.15) is 10.7 Å². The van der Waals surface area contributed by atoms with Crippen molar-refractivity contribution in [2.45, 2.75) is 12.8 Å². The molecule has 2 N–H and O–H groups in total. The maximum atomic E-state index is 5.77. The maximum absolute atomic E-state index is 5.77. The Hall–Kier alpha value is -1.13. The smallest absolute Gasteiger partial charge is 0.120 e. The molecule has 0 aromatic heterocycles. The van der Waals surface area contributed by atoms with Crippen LogP contribution in [0.4, 0.5) is 0 Å². The van der Waals surface area contributed by atoms with E-state index in [1.165, 1.54) is 0 Å². The molecule has 17 heavy (non-hydrogen) atoms. The van der Waals surface area contributed by atoms with Crippen molar-refractivity contribution in [1.82, 2.24) is 0 Å². The molecule has 0 unspecified atom stereocenters. The summed E-state index contributed by atoms with van der Waals surface area (Å²) in [4.78, 5) is 0.404. The van der Waals surface area contributed by atoms with Crippen molar-refractivity contribution in [2.75, 3.05) is 19.8 Å². The minimum atomic E-state index is 0.404. The molecule has 0 aliphatic carbocycles. The molecule has 3 nitrogen and oxygen atoms in total. The van der Waals surface area contributed by atoms with Gasteiger partial charge in [-0.15, -0.1) is 0 Å². The molecule has 1 aliphatic rings. The van der Waals surface area contributed by atoms with Crippen LogP contribution < -0.4 is 10.5 Å². The number of nitrogens with two attached hydrogens (primary N) is 1. The van der Waals surface area contributed by atoms with Gasteiger partial charge in [-0.05, 0) is 30.9 Å². The quantitative estimate of drug-likeness (QED) is 0.833. The molecule has 92 valence electrons. The molecular formula is C13H17NO2S. The fourth-order valence-corrected chi connectivity index (χ4v) is 1.99. The van der Waals surface area contributed by atoms with Crippen LogP contribution in [0, 0.1) is 5.92 Å². The second kappa shape index (κ2) is 5.98. The number of ether oxygens (including phenoxy) is 2. The Kier molecular flexibility index (Phi) is 4.34. The zero-order chi connectivity index (χ0) is 12.1. The van der Waals surface area contributed by atoms with Gasteiger partial charge in [-0.3, -0.25) is 0 Å². The summed E-state index contributed by atoms with van der Waals surface area (Å²) in [6.45, 7) is 2.44. The molecule has 1 saturated heterocycles. The summed E-state index contributed by atoms with van der Waals surface area (Å²) in [5.41, 5.74) is 6.43. The topological polar surface area (TPSA) is 44.5 Å². The van der Waals surface area contributed by atoms with Gasteiger partial charge in [0.25, 0.3) is 0 Å². The van der Waals surface area contributed by atoms with Crippen molar-refractivity contribution in [1.29, 1.82) is 0 Å². The first-order valence-corrected chi connectivity index (χ1v) is 6.27. The first-order chi connectivity index (χ1) is 8.25. The lowest BCUT2D eigenvalue weighted by atomic mass is 10.0. The van der Waals surface area contributed by atoms with Crippen LogP contribution in [0.2, 0.25) is 0 Å². The standard InChI is InChI=1S/C13H17NO2S/c14-13(17)11-2-1-3-12(8-11)16-9-10-4-6-15-7-5-10/h1-3,8,10H,4-7,9H2,(H2,14,17). The number of hydrogen-bond donors (Lipinski definition) is 1. The van der Waals surface area contributed by atoms with Crippen LogP contribution in [-0.4, -0.2) is 24.8 Å². The lowest BCUT2D eigenvalue weighted by Gasteiger charge is -2.22. The van der Waals surface area contributed by atoms with E-state index in [1.54, 1.807) is 0 Å². The Morgan fingerprint density at radius 1 is 1.41 bits per heavy atom. The second-order valence-corrected chi connectivity index (χ2v) is 4.70. The Morgan fingerprint density at radius 2 is 2.18 bits per heavy atom. The normalized spacial score (nSPS) is 16.7. The summed E-state index contributed by atoms with van der Waals surface area (Å²) in [6.07, 6.45) is 2.16. The largest absolute Gasteiger partial charge is 0.493 e. The number of thiocarbonyl (C=S) groups is 1. The van der Waals surface area contributed by atoms with E-state index in [2.05, 4.69) is 0 Å². The molecular weight excluding hydrogens is 234 g/mol. The lowest BCUT2D eigenvalue weighted by Crippen LogP contribution is -2.21. The highest BCUT2D eigenvalue weighted by atomic mass is 32.1. The summed E-state index contributed by atoms with van der Waals surface area (Å²) in [7, 11) is 0. The summed E-state index contributed by atoms with van der Waals surface area (Å²) in [5.74, 6) is 1.43. The van der Waals surface area contributed by atoms with Crippen LogP contribution in [0.25, 0.3) is 0 Å². The van der Waals surface area contributed by atoms with E-state index in [-0.39, 0.29) is 0 Å². The minimum Gasteiger partial charge on any atom is -0.493 e. The molecule has 0 radical (unpaired) electrons. The molecule has 0 atom stereocenters. The van der Waals surface area contributed by atoms with Crippen LogP contribution in [0.5, 0.6) is 5.75 Å². The van der Waals surface area contributed by atoms with Crippen molar-refractivity contribution in [3.8, 4) is 5.75 Å². The van der Waals surface area contributed by atoms with E-state index in [0.717, 1.165) is 44.0 Å². The fraction of sp³-hybridized carbons (Fsp3) is 0.462. The molecule has 1 aliphatic heterocycles. The van der Waals surface area contributed by atoms with Gasteiger partial charge in [-0.1, -0.05) is 24.4 Å². The van der Waals surface area contributed by atoms with E-state index in [0.29, 0.717) is 10.9 Å². The highest BCUT2D eigenvalue weighted by Gasteiger charge is 2.14. The molecule has 0 amide bonds. The van der Waals surface area contributed by atoms with Crippen molar-refractivity contribution >= 4 is 17.2 Å². The van der Waals surface area contributed by atoms with Crippen LogP contribution >= 0.6 is 12.2 Å². The molecule has 2 rings (SSSR count). The van der Waals surface area contributed by atoms with Crippen molar-refractivity contribution in [3.63, 3.8) is 0 Å². The third kappa shape index (κ3) is 3.68. The van der Waals surface area contributed by atoms with Crippen LogP contribution in [0.15, 0.2) is 24.3 Å². The van der Waals surface area contributed by atoms with E-state index in [1.807, 2.05) is 24.3 Å². The van der Waals surface area contributed by atoms with Crippen molar-refractivity contribution in [3.05, 3.63) is 29.8 Å². The number of benzene rings is 1. The summed E-state index contributed by atoms with van der Waals surface area (Å²) >= 11 is 4.94. The SMILES string of the molecule is NC(=S)c1cccc(OCC2CCOCC2)c1. The average molecular weight is 251 g/mol. The van der Waals surface area contributed by atoms with Crippen LogP contribution in [-0.2, 0) is 4.74 Å². The number of rotatable bonds is 4. The highest BCUT2D eigenvalue weighted by Crippen LogP contribution is 2.18. The Balaban J connectivity index is 1.89. The van der Waals surface area contributed by atoms with E-state index in [4.69, 9.17) is 27.4 Å². The zero-order valence-electron chi connectivity index (χ0n) is 9.72. The number of hydrogen-bond acceptors (Lipinski definition) is 3. The zero-order valence-corrected chi connectivity index (χ0v) is 10.5. The predicted molar refractivity (Wildman–Crippen MR) is 71.4 cm³/mol. The second-order valence-electron chi connectivity index (χ2n) is 4.26. The third-order valence-electron chi connectivity index (χ3n) is 2.95. The Morgan fingerprint density at radius 3 is 2.88 bits per heavy atom. The molecule has 1 aromatic carbocycles. The Labute approximate surface area is 107 Å².